The molecule has 3 heteroatoms. The maximum Gasteiger partial charge on any atom is 0.286 e. The molecule has 0 bridgehead atoms. The Kier molecular flexibility index (Phi) is 5.66. The van der Waals surface area contributed by atoms with Crippen LogP contribution in [-0.2, 0) is 12.5 Å². The van der Waals surface area contributed by atoms with Crippen LogP contribution in [0.2, 0.25) is 0 Å². The molecule has 0 radical (unpaired) electrons. The minimum atomic E-state index is 0.0591. The van der Waals surface area contributed by atoms with Gasteiger partial charge in [-0.25, -0.2) is 4.57 Å². The van der Waals surface area contributed by atoms with Gasteiger partial charge in [-0.05, 0) is 71.8 Å². The van der Waals surface area contributed by atoms with Gasteiger partial charge in [-0.15, -0.1) is 0 Å². The summed E-state index contributed by atoms with van der Waals surface area (Å²) in [4.78, 5) is 0. The van der Waals surface area contributed by atoms with Crippen molar-refractivity contribution in [3.05, 3.63) is 114 Å². The Morgan fingerprint density at radius 1 is 0.659 bits per heavy atom. The SMILES string of the molecule is Cc1c(C(C)C)ccc2c3cc(-n4c5ccccc5c5ccccc54)ccc3n(-c3cc(C(C)(C)C)cc[n+]3C)c12. The summed E-state index contributed by atoms with van der Waals surface area (Å²) >= 11 is 0. The van der Waals surface area contributed by atoms with E-state index in [0.717, 1.165) is 0 Å². The fourth-order valence-corrected chi connectivity index (χ4v) is 6.73. The van der Waals surface area contributed by atoms with Crippen molar-refractivity contribution in [2.75, 3.05) is 0 Å². The minimum Gasteiger partial charge on any atom is -0.309 e. The van der Waals surface area contributed by atoms with Crippen LogP contribution in [0.25, 0.3) is 55.1 Å². The van der Waals surface area contributed by atoms with Crippen molar-refractivity contribution in [1.29, 1.82) is 0 Å². The highest BCUT2D eigenvalue weighted by Gasteiger charge is 2.27. The van der Waals surface area contributed by atoms with Crippen LogP contribution in [0.5, 0.6) is 0 Å². The Labute approximate surface area is 242 Å². The first-order chi connectivity index (χ1) is 19.6. The number of benzene rings is 4. The molecule has 0 atom stereocenters. The van der Waals surface area contributed by atoms with Crippen LogP contribution in [0.15, 0.2) is 97.2 Å². The maximum atomic E-state index is 2.50. The van der Waals surface area contributed by atoms with E-state index < -0.39 is 0 Å². The van der Waals surface area contributed by atoms with E-state index in [4.69, 9.17) is 0 Å². The Morgan fingerprint density at radius 3 is 1.93 bits per heavy atom. The molecule has 0 amide bonds. The van der Waals surface area contributed by atoms with Gasteiger partial charge < -0.3 is 4.57 Å². The second-order valence-corrected chi connectivity index (χ2v) is 12.9. The molecule has 4 aromatic carbocycles. The molecule has 0 saturated heterocycles. The van der Waals surface area contributed by atoms with Crippen LogP contribution in [0.4, 0.5) is 0 Å². The van der Waals surface area contributed by atoms with Gasteiger partial charge in [-0.3, -0.25) is 0 Å². The lowest BCUT2D eigenvalue weighted by Gasteiger charge is -2.19. The van der Waals surface area contributed by atoms with Crippen molar-refractivity contribution >= 4 is 43.6 Å². The first-order valence-corrected chi connectivity index (χ1v) is 14.7. The maximum absolute atomic E-state index is 2.50. The van der Waals surface area contributed by atoms with Crippen molar-refractivity contribution in [2.24, 2.45) is 7.05 Å². The van der Waals surface area contributed by atoms with Gasteiger partial charge in [0.2, 0.25) is 0 Å². The van der Waals surface area contributed by atoms with Gasteiger partial charge in [0.15, 0.2) is 0 Å². The molecule has 3 aromatic heterocycles. The van der Waals surface area contributed by atoms with E-state index in [2.05, 4.69) is 159 Å². The number of nitrogens with zero attached hydrogens (tertiary/aromatic N) is 3. The number of fused-ring (bicyclic) bond motifs is 6. The predicted molar refractivity (Wildman–Crippen MR) is 174 cm³/mol. The van der Waals surface area contributed by atoms with Crippen LogP contribution in [0.1, 0.15) is 57.2 Å². The third kappa shape index (κ3) is 3.83. The molecule has 41 heavy (non-hydrogen) atoms. The van der Waals surface area contributed by atoms with E-state index >= 15 is 0 Å². The van der Waals surface area contributed by atoms with E-state index in [1.54, 1.807) is 0 Å². The van der Waals surface area contributed by atoms with Crippen LogP contribution >= 0.6 is 0 Å². The number of para-hydroxylation sites is 2. The summed E-state index contributed by atoms with van der Waals surface area (Å²) in [6, 6.07) is 33.8. The van der Waals surface area contributed by atoms with Crippen molar-refractivity contribution in [2.45, 2.75) is 52.9 Å². The standard InChI is InChI=1S/C38H38N3/c1-24(2)28-17-18-31-32-23-27(40-33-14-10-8-12-29(33)30-13-9-11-15-34(30)40)16-19-35(32)41(37(31)25(28)3)36-22-26(38(4,5)6)20-21-39(36)7/h8-24H,1-7H3/q+1. The van der Waals surface area contributed by atoms with Crippen molar-refractivity contribution in [3.8, 4) is 11.5 Å². The smallest absolute Gasteiger partial charge is 0.286 e. The second kappa shape index (κ2) is 9.07. The topological polar surface area (TPSA) is 13.7 Å². The fraction of sp³-hybridized carbons (Fsp3) is 0.237. The number of aryl methyl sites for hydroxylation is 2. The van der Waals surface area contributed by atoms with Gasteiger partial charge in [-0.1, -0.05) is 77.1 Å². The molecule has 7 aromatic rings. The van der Waals surface area contributed by atoms with E-state index in [-0.39, 0.29) is 5.41 Å². The molecule has 204 valence electrons. The second-order valence-electron chi connectivity index (χ2n) is 12.9. The van der Waals surface area contributed by atoms with Gasteiger partial charge >= 0.3 is 0 Å². The lowest BCUT2D eigenvalue weighted by molar-refractivity contribution is -0.665. The number of aromatic nitrogens is 3. The summed E-state index contributed by atoms with van der Waals surface area (Å²) in [6.45, 7) is 13.8. The Hall–Kier alpha value is -4.37. The van der Waals surface area contributed by atoms with Gasteiger partial charge in [0, 0.05) is 38.9 Å². The molecule has 0 aliphatic carbocycles. The van der Waals surface area contributed by atoms with E-state index in [1.807, 2.05) is 0 Å². The van der Waals surface area contributed by atoms with Crippen LogP contribution in [-0.4, -0.2) is 9.13 Å². The van der Waals surface area contributed by atoms with E-state index in [9.17, 15) is 0 Å². The highest BCUT2D eigenvalue weighted by Crippen LogP contribution is 2.39. The van der Waals surface area contributed by atoms with Crippen molar-refractivity contribution < 1.29 is 4.57 Å². The van der Waals surface area contributed by atoms with Crippen LogP contribution in [0.3, 0.4) is 0 Å². The molecule has 0 unspecified atom stereocenters. The molecule has 0 fully saturated rings. The summed E-state index contributed by atoms with van der Waals surface area (Å²) in [5.74, 6) is 1.64. The fourth-order valence-electron chi connectivity index (χ4n) is 6.73. The zero-order chi connectivity index (χ0) is 28.6. The monoisotopic (exact) mass is 536 g/mol. The summed E-state index contributed by atoms with van der Waals surface area (Å²) in [5, 5.41) is 5.15. The average molecular weight is 537 g/mol. The third-order valence-electron chi connectivity index (χ3n) is 8.89. The van der Waals surface area contributed by atoms with E-state index in [1.165, 1.54) is 71.8 Å². The summed E-state index contributed by atoms with van der Waals surface area (Å²) in [5.41, 5.74) is 10.3. The van der Waals surface area contributed by atoms with Crippen LogP contribution < -0.4 is 4.57 Å². The molecule has 7 rings (SSSR count). The first-order valence-electron chi connectivity index (χ1n) is 14.7. The lowest BCUT2D eigenvalue weighted by atomic mass is 9.87. The minimum absolute atomic E-state index is 0.0591. The molecule has 0 spiro atoms. The van der Waals surface area contributed by atoms with Gasteiger partial charge in [0.1, 0.15) is 11.0 Å². The lowest BCUT2D eigenvalue weighted by Crippen LogP contribution is -2.34. The highest BCUT2D eigenvalue weighted by molar-refractivity contribution is 6.12. The largest absolute Gasteiger partial charge is 0.309 e. The van der Waals surface area contributed by atoms with Crippen LogP contribution in [0, 0.1) is 6.92 Å². The molecular formula is C38H38N3+. The summed E-state index contributed by atoms with van der Waals surface area (Å²) < 4.78 is 7.18. The van der Waals surface area contributed by atoms with Crippen molar-refractivity contribution in [1.82, 2.24) is 9.13 Å². The van der Waals surface area contributed by atoms with Gasteiger partial charge in [-0.2, -0.15) is 4.57 Å². The first kappa shape index (κ1) is 25.6. The average Bonchev–Trinajstić information content (AvgIpc) is 3.46. The summed E-state index contributed by atoms with van der Waals surface area (Å²) in [7, 11) is 2.16. The normalized spacial score (nSPS) is 12.5. The third-order valence-corrected chi connectivity index (χ3v) is 8.89. The molecule has 3 heterocycles. The highest BCUT2D eigenvalue weighted by atomic mass is 15.1. The Balaban J connectivity index is 1.60. The Morgan fingerprint density at radius 2 is 1.29 bits per heavy atom. The molecule has 0 aliphatic heterocycles. The zero-order valence-electron chi connectivity index (χ0n) is 25.2. The predicted octanol–water partition coefficient (Wildman–Crippen LogP) is 9.43. The zero-order valence-corrected chi connectivity index (χ0v) is 25.2. The van der Waals surface area contributed by atoms with E-state index in [0.29, 0.717) is 5.92 Å². The van der Waals surface area contributed by atoms with Crippen molar-refractivity contribution in [3.63, 3.8) is 0 Å². The number of pyridine rings is 1. The molecule has 0 aliphatic rings. The number of rotatable bonds is 3. The number of hydrogen-bond donors (Lipinski definition) is 0. The Bertz CT molecular complexity index is 2080. The summed E-state index contributed by atoms with van der Waals surface area (Å²) in [6.07, 6.45) is 2.21. The molecule has 3 nitrogen and oxygen atoms in total. The molecule has 0 saturated carbocycles. The van der Waals surface area contributed by atoms with Gasteiger partial charge in [0.05, 0.1) is 24.3 Å². The quantitative estimate of drug-likeness (QED) is 0.200. The van der Waals surface area contributed by atoms with Gasteiger partial charge in [0.25, 0.3) is 5.82 Å². The number of hydrogen-bond acceptors (Lipinski definition) is 0. The molecular weight excluding hydrogens is 498 g/mol. The molecule has 0 N–H and O–H groups in total.